The maximum Gasteiger partial charge on any atom is 0.407 e. The number of nitrogens with one attached hydrogen (secondary N) is 2. The van der Waals surface area contributed by atoms with Gasteiger partial charge in [-0.2, -0.15) is 0 Å². The minimum absolute atomic E-state index is 0.0911. The van der Waals surface area contributed by atoms with E-state index in [1.54, 1.807) is 36.9 Å². The Kier molecular flexibility index (Phi) is 9.69. The Labute approximate surface area is 194 Å². The zero-order valence-corrected chi connectivity index (χ0v) is 19.8. The fourth-order valence-corrected chi connectivity index (χ4v) is 4.09. The van der Waals surface area contributed by atoms with Gasteiger partial charge in [-0.25, -0.2) is 4.79 Å². The molecule has 1 aliphatic heterocycles. The number of nitrogens with zero attached hydrogens (tertiary/aromatic N) is 1. The molecule has 2 rings (SSSR count). The molecule has 1 aromatic rings. The van der Waals surface area contributed by atoms with Gasteiger partial charge in [-0.3, -0.25) is 14.4 Å². The summed E-state index contributed by atoms with van der Waals surface area (Å²) in [5, 5.41) is 14.4. The lowest BCUT2D eigenvalue weighted by molar-refractivity contribution is -0.137. The Morgan fingerprint density at radius 2 is 1.79 bits per heavy atom. The monoisotopic (exact) mass is 461 g/mol. The van der Waals surface area contributed by atoms with E-state index in [9.17, 15) is 19.2 Å². The molecule has 1 heterocycles. The van der Waals surface area contributed by atoms with Crippen LogP contribution in [0.15, 0.2) is 18.2 Å². The fourth-order valence-electron chi connectivity index (χ4n) is 4.09. The zero-order chi connectivity index (χ0) is 24.5. The number of hydrogen-bond donors (Lipinski definition) is 3. The van der Waals surface area contributed by atoms with Gasteiger partial charge >= 0.3 is 12.1 Å². The Hall–Kier alpha value is -3.10. The van der Waals surface area contributed by atoms with E-state index in [4.69, 9.17) is 9.84 Å². The van der Waals surface area contributed by atoms with E-state index in [1.165, 1.54) is 6.92 Å². The van der Waals surface area contributed by atoms with Crippen molar-refractivity contribution in [3.8, 4) is 0 Å². The van der Waals surface area contributed by atoms with Crippen molar-refractivity contribution in [3.63, 3.8) is 0 Å². The average molecular weight is 462 g/mol. The summed E-state index contributed by atoms with van der Waals surface area (Å²) in [7, 11) is 0. The molecule has 0 bridgehead atoms. The van der Waals surface area contributed by atoms with E-state index < -0.39 is 12.1 Å². The standard InChI is InChI=1S/C24H35N3O6/c1-15(2)33-24(32)26-20-13-16(3)27(17(4)28)21-12-11-18(14-19(20)21)25-22(29)9-7-5-6-8-10-23(30)31/h11-12,14-16,20H,5-10,13H2,1-4H3,(H,25,29)(H,26,32)(H,30,31)/t16-,20+/m0/s1. The molecule has 0 radical (unpaired) electrons. The van der Waals surface area contributed by atoms with E-state index in [0.717, 1.165) is 18.4 Å². The molecule has 2 atom stereocenters. The summed E-state index contributed by atoms with van der Waals surface area (Å²) in [6.45, 7) is 6.98. The number of anilines is 2. The number of aliphatic carboxylic acids is 1. The molecule has 0 spiro atoms. The number of benzene rings is 1. The van der Waals surface area contributed by atoms with Gasteiger partial charge in [-0.05, 0) is 58.2 Å². The van der Waals surface area contributed by atoms with Crippen molar-refractivity contribution < 1.29 is 29.0 Å². The van der Waals surface area contributed by atoms with Gasteiger partial charge in [0, 0.05) is 42.7 Å². The first-order valence-corrected chi connectivity index (χ1v) is 11.5. The van der Waals surface area contributed by atoms with E-state index in [2.05, 4.69) is 10.6 Å². The highest BCUT2D eigenvalue weighted by atomic mass is 16.6. The van der Waals surface area contributed by atoms with Crippen LogP contribution in [-0.4, -0.2) is 41.1 Å². The van der Waals surface area contributed by atoms with E-state index >= 15 is 0 Å². The van der Waals surface area contributed by atoms with Crippen molar-refractivity contribution in [2.75, 3.05) is 10.2 Å². The largest absolute Gasteiger partial charge is 0.481 e. The SMILES string of the molecule is CC(=O)N1c2ccc(NC(=O)CCCCCCC(=O)O)cc2[C@H](NC(=O)OC(C)C)C[C@@H]1C. The number of carboxylic acid groups (broad SMARTS) is 1. The van der Waals surface area contributed by atoms with Crippen molar-refractivity contribution in [1.82, 2.24) is 5.32 Å². The molecule has 182 valence electrons. The molecule has 0 aliphatic carbocycles. The van der Waals surface area contributed by atoms with Gasteiger partial charge in [0.25, 0.3) is 0 Å². The van der Waals surface area contributed by atoms with E-state index in [-0.39, 0.29) is 36.4 Å². The number of ether oxygens (including phenoxy) is 1. The zero-order valence-electron chi connectivity index (χ0n) is 19.8. The maximum absolute atomic E-state index is 12.4. The van der Waals surface area contributed by atoms with Crippen LogP contribution in [-0.2, 0) is 19.1 Å². The lowest BCUT2D eigenvalue weighted by atomic mass is 9.91. The summed E-state index contributed by atoms with van der Waals surface area (Å²) in [6, 6.07) is 4.86. The summed E-state index contributed by atoms with van der Waals surface area (Å²) in [5.41, 5.74) is 2.04. The predicted molar refractivity (Wildman–Crippen MR) is 125 cm³/mol. The Balaban J connectivity index is 2.08. The van der Waals surface area contributed by atoms with Gasteiger partial charge < -0.3 is 25.4 Å². The molecule has 1 aliphatic rings. The molecule has 0 saturated heterocycles. The molecular formula is C24H35N3O6. The second kappa shape index (κ2) is 12.2. The molecule has 0 aromatic heterocycles. The Bertz CT molecular complexity index is 870. The summed E-state index contributed by atoms with van der Waals surface area (Å²) < 4.78 is 5.22. The topological polar surface area (TPSA) is 125 Å². The average Bonchev–Trinajstić information content (AvgIpc) is 2.69. The van der Waals surface area contributed by atoms with Crippen molar-refractivity contribution in [2.24, 2.45) is 0 Å². The van der Waals surface area contributed by atoms with Crippen LogP contribution < -0.4 is 15.5 Å². The molecule has 1 aromatic carbocycles. The fraction of sp³-hybridized carbons (Fsp3) is 0.583. The number of carboxylic acids is 1. The number of hydrogen-bond acceptors (Lipinski definition) is 5. The summed E-state index contributed by atoms with van der Waals surface area (Å²) in [5.74, 6) is -1.03. The van der Waals surface area contributed by atoms with Crippen LogP contribution in [0.2, 0.25) is 0 Å². The van der Waals surface area contributed by atoms with Crippen LogP contribution in [0.1, 0.15) is 84.2 Å². The summed E-state index contributed by atoms with van der Waals surface area (Å²) >= 11 is 0. The number of carbonyl (C=O) groups is 4. The normalized spacial score (nSPS) is 17.3. The first kappa shape index (κ1) is 26.2. The third-order valence-corrected chi connectivity index (χ3v) is 5.48. The lowest BCUT2D eigenvalue weighted by Crippen LogP contribution is -2.45. The van der Waals surface area contributed by atoms with Crippen molar-refractivity contribution in [2.45, 2.75) is 90.8 Å². The van der Waals surface area contributed by atoms with Crippen LogP contribution in [0.4, 0.5) is 16.2 Å². The number of amides is 3. The highest BCUT2D eigenvalue weighted by Gasteiger charge is 2.33. The predicted octanol–water partition coefficient (Wildman–Crippen LogP) is 4.37. The Morgan fingerprint density at radius 3 is 2.39 bits per heavy atom. The minimum Gasteiger partial charge on any atom is -0.481 e. The van der Waals surface area contributed by atoms with Gasteiger partial charge in [0.1, 0.15) is 0 Å². The van der Waals surface area contributed by atoms with Gasteiger partial charge in [-0.15, -0.1) is 0 Å². The van der Waals surface area contributed by atoms with Crippen molar-refractivity contribution >= 4 is 35.3 Å². The summed E-state index contributed by atoms with van der Waals surface area (Å²) in [4.78, 5) is 49.1. The molecule has 3 N–H and O–H groups in total. The van der Waals surface area contributed by atoms with Gasteiger partial charge in [-0.1, -0.05) is 12.8 Å². The second-order valence-corrected chi connectivity index (χ2v) is 8.75. The van der Waals surface area contributed by atoms with Crippen molar-refractivity contribution in [1.29, 1.82) is 0 Å². The van der Waals surface area contributed by atoms with Crippen LogP contribution in [0, 0.1) is 0 Å². The maximum atomic E-state index is 12.4. The smallest absolute Gasteiger partial charge is 0.407 e. The third-order valence-electron chi connectivity index (χ3n) is 5.48. The van der Waals surface area contributed by atoms with Crippen molar-refractivity contribution in [3.05, 3.63) is 23.8 Å². The van der Waals surface area contributed by atoms with E-state index in [1.807, 2.05) is 6.92 Å². The van der Waals surface area contributed by atoms with Crippen LogP contribution in [0.3, 0.4) is 0 Å². The van der Waals surface area contributed by atoms with Crippen LogP contribution in [0.25, 0.3) is 0 Å². The second-order valence-electron chi connectivity index (χ2n) is 8.75. The van der Waals surface area contributed by atoms with Gasteiger partial charge in [0.2, 0.25) is 11.8 Å². The van der Waals surface area contributed by atoms with Gasteiger partial charge in [0.15, 0.2) is 0 Å². The number of alkyl carbamates (subject to hydrolysis) is 1. The molecule has 0 saturated carbocycles. The number of fused-ring (bicyclic) bond motifs is 1. The highest BCUT2D eigenvalue weighted by molar-refractivity contribution is 5.95. The molecule has 9 heteroatoms. The van der Waals surface area contributed by atoms with E-state index in [0.29, 0.717) is 37.1 Å². The first-order chi connectivity index (χ1) is 15.6. The first-order valence-electron chi connectivity index (χ1n) is 11.5. The molecule has 9 nitrogen and oxygen atoms in total. The Morgan fingerprint density at radius 1 is 1.12 bits per heavy atom. The lowest BCUT2D eigenvalue weighted by Gasteiger charge is -2.39. The van der Waals surface area contributed by atoms with Crippen LogP contribution >= 0.6 is 0 Å². The quantitative estimate of drug-likeness (QED) is 0.444. The molecule has 0 unspecified atom stereocenters. The number of unbranched alkanes of at least 4 members (excludes halogenated alkanes) is 3. The molecule has 0 fully saturated rings. The molecule has 33 heavy (non-hydrogen) atoms. The molecular weight excluding hydrogens is 426 g/mol. The number of carbonyl (C=O) groups excluding carboxylic acids is 3. The highest BCUT2D eigenvalue weighted by Crippen LogP contribution is 2.39. The third kappa shape index (κ3) is 8.07. The van der Waals surface area contributed by atoms with Crippen LogP contribution in [0.5, 0.6) is 0 Å². The van der Waals surface area contributed by atoms with Gasteiger partial charge in [0.05, 0.1) is 12.1 Å². The minimum atomic E-state index is -0.803. The number of rotatable bonds is 10. The molecule has 3 amide bonds. The summed E-state index contributed by atoms with van der Waals surface area (Å²) in [6.07, 6.45) is 3.08.